The molecule has 1 aromatic carbocycles. The molecule has 0 radical (unpaired) electrons. The lowest BCUT2D eigenvalue weighted by atomic mass is 10.0. The summed E-state index contributed by atoms with van der Waals surface area (Å²) in [5.74, 6) is -0.519. The van der Waals surface area contributed by atoms with Crippen molar-refractivity contribution in [1.82, 2.24) is 4.90 Å². The summed E-state index contributed by atoms with van der Waals surface area (Å²) in [4.78, 5) is 13.4. The van der Waals surface area contributed by atoms with Crippen molar-refractivity contribution in [2.24, 2.45) is 5.92 Å². The fourth-order valence-electron chi connectivity index (χ4n) is 2.13. The van der Waals surface area contributed by atoms with Crippen molar-refractivity contribution in [3.05, 3.63) is 35.9 Å². The smallest absolute Gasteiger partial charge is 0.325 e. The molecule has 4 heteroatoms. The number of nitrogens with zero attached hydrogens (tertiary/aromatic N) is 2. The first-order valence-corrected chi connectivity index (χ1v) is 6.45. The molecule has 0 aliphatic rings. The maximum absolute atomic E-state index is 11.6. The molecule has 0 fully saturated rings. The van der Waals surface area contributed by atoms with E-state index in [1.54, 1.807) is 0 Å². The molecule has 19 heavy (non-hydrogen) atoms. The van der Waals surface area contributed by atoms with Gasteiger partial charge >= 0.3 is 5.97 Å². The van der Waals surface area contributed by atoms with Gasteiger partial charge < -0.3 is 5.11 Å². The maximum Gasteiger partial charge on any atom is 0.325 e. The highest BCUT2D eigenvalue weighted by atomic mass is 16.4. The Balaban J connectivity index is 2.98. The van der Waals surface area contributed by atoms with Crippen LogP contribution in [0.3, 0.4) is 0 Å². The zero-order chi connectivity index (χ0) is 14.3. The van der Waals surface area contributed by atoms with Gasteiger partial charge in [-0.05, 0) is 11.5 Å². The highest BCUT2D eigenvalue weighted by Gasteiger charge is 2.27. The van der Waals surface area contributed by atoms with Crippen LogP contribution in [-0.4, -0.2) is 29.1 Å². The molecule has 1 rings (SSSR count). The number of carbonyl (C=O) groups is 1. The number of rotatable bonds is 7. The first-order valence-electron chi connectivity index (χ1n) is 6.45. The second kappa shape index (κ2) is 7.55. The number of carboxylic acid groups (broad SMARTS) is 1. The molecule has 0 aliphatic heterocycles. The van der Waals surface area contributed by atoms with Crippen molar-refractivity contribution in [1.29, 1.82) is 5.26 Å². The quantitative estimate of drug-likeness (QED) is 0.818. The fourth-order valence-corrected chi connectivity index (χ4v) is 2.13. The lowest BCUT2D eigenvalue weighted by molar-refractivity contribution is -0.143. The van der Waals surface area contributed by atoms with E-state index in [0.717, 1.165) is 5.56 Å². The number of carboxylic acids is 1. The molecule has 1 aromatic rings. The van der Waals surface area contributed by atoms with Crippen LogP contribution < -0.4 is 0 Å². The molecule has 0 saturated carbocycles. The topological polar surface area (TPSA) is 64.3 Å². The van der Waals surface area contributed by atoms with E-state index in [1.165, 1.54) is 0 Å². The van der Waals surface area contributed by atoms with Gasteiger partial charge in [-0.2, -0.15) is 5.26 Å². The number of benzene rings is 1. The molecule has 0 heterocycles. The maximum atomic E-state index is 11.6. The Kier molecular flexibility index (Phi) is 6.04. The van der Waals surface area contributed by atoms with Gasteiger partial charge in [0.1, 0.15) is 6.04 Å². The van der Waals surface area contributed by atoms with Crippen LogP contribution in [0.25, 0.3) is 0 Å². The van der Waals surface area contributed by atoms with Gasteiger partial charge in [0, 0.05) is 19.5 Å². The Hall–Kier alpha value is -1.86. The molecule has 102 valence electrons. The third-order valence-corrected chi connectivity index (χ3v) is 2.82. The molecular formula is C15H20N2O2. The molecular weight excluding hydrogens is 240 g/mol. The summed E-state index contributed by atoms with van der Waals surface area (Å²) in [6.45, 7) is 5.22. The van der Waals surface area contributed by atoms with Crippen LogP contribution in [0, 0.1) is 17.2 Å². The summed E-state index contributed by atoms with van der Waals surface area (Å²) >= 11 is 0. The van der Waals surface area contributed by atoms with Gasteiger partial charge in [-0.15, -0.1) is 0 Å². The lowest BCUT2D eigenvalue weighted by Crippen LogP contribution is -2.37. The molecule has 0 amide bonds. The summed E-state index contributed by atoms with van der Waals surface area (Å²) in [5, 5.41) is 18.2. The van der Waals surface area contributed by atoms with E-state index in [0.29, 0.717) is 25.4 Å². The fraction of sp³-hybridized carbons (Fsp3) is 0.467. The molecule has 1 atom stereocenters. The van der Waals surface area contributed by atoms with Crippen molar-refractivity contribution in [3.63, 3.8) is 0 Å². The van der Waals surface area contributed by atoms with E-state index in [4.69, 9.17) is 5.26 Å². The Labute approximate surface area is 114 Å². The zero-order valence-corrected chi connectivity index (χ0v) is 11.4. The van der Waals surface area contributed by atoms with Crippen molar-refractivity contribution < 1.29 is 9.90 Å². The van der Waals surface area contributed by atoms with Gasteiger partial charge in [0.15, 0.2) is 0 Å². The summed E-state index contributed by atoms with van der Waals surface area (Å²) < 4.78 is 0. The Morgan fingerprint density at radius 3 is 2.47 bits per heavy atom. The van der Waals surface area contributed by atoms with Crippen molar-refractivity contribution in [3.8, 4) is 6.07 Å². The molecule has 4 nitrogen and oxygen atoms in total. The van der Waals surface area contributed by atoms with Gasteiger partial charge in [-0.25, -0.2) is 0 Å². The van der Waals surface area contributed by atoms with E-state index in [9.17, 15) is 9.90 Å². The van der Waals surface area contributed by atoms with Crippen molar-refractivity contribution in [2.75, 3.05) is 13.1 Å². The van der Waals surface area contributed by atoms with E-state index in [-0.39, 0.29) is 0 Å². The van der Waals surface area contributed by atoms with Gasteiger partial charge in [0.25, 0.3) is 0 Å². The largest absolute Gasteiger partial charge is 0.480 e. The molecule has 0 aromatic heterocycles. The minimum atomic E-state index is -0.871. The van der Waals surface area contributed by atoms with E-state index in [1.807, 2.05) is 49.1 Å². The van der Waals surface area contributed by atoms with Gasteiger partial charge in [-0.3, -0.25) is 9.69 Å². The van der Waals surface area contributed by atoms with Crippen molar-refractivity contribution in [2.45, 2.75) is 26.3 Å². The van der Waals surface area contributed by atoms with Crippen LogP contribution >= 0.6 is 0 Å². The molecule has 1 unspecified atom stereocenters. The predicted octanol–water partition coefficient (Wildman–Crippen LogP) is 2.68. The van der Waals surface area contributed by atoms with Crippen LogP contribution in [0.4, 0.5) is 0 Å². The van der Waals surface area contributed by atoms with Crippen LogP contribution in [0.2, 0.25) is 0 Å². The molecule has 0 aliphatic carbocycles. The number of hydrogen-bond donors (Lipinski definition) is 1. The first kappa shape index (κ1) is 15.2. The number of hydrogen-bond acceptors (Lipinski definition) is 3. The normalized spacial score (nSPS) is 12.4. The molecule has 0 bridgehead atoms. The standard InChI is InChI=1S/C15H20N2O2/c1-12(2)11-17(10-6-9-16)14(15(18)19)13-7-4-3-5-8-13/h3-5,7-8,12,14H,6,10-11H2,1-2H3,(H,18,19). The highest BCUT2D eigenvalue weighted by molar-refractivity contribution is 5.75. The monoisotopic (exact) mass is 260 g/mol. The average molecular weight is 260 g/mol. The second-order valence-corrected chi connectivity index (χ2v) is 4.95. The third-order valence-electron chi connectivity index (χ3n) is 2.82. The lowest BCUT2D eigenvalue weighted by Gasteiger charge is -2.29. The zero-order valence-electron chi connectivity index (χ0n) is 11.4. The Morgan fingerprint density at radius 2 is 2.00 bits per heavy atom. The molecule has 0 saturated heterocycles. The van der Waals surface area contributed by atoms with E-state index in [2.05, 4.69) is 6.07 Å². The average Bonchev–Trinajstić information content (AvgIpc) is 2.36. The summed E-state index contributed by atoms with van der Waals surface area (Å²) in [7, 11) is 0. The van der Waals surface area contributed by atoms with Crippen LogP contribution in [-0.2, 0) is 4.79 Å². The number of nitriles is 1. The summed E-state index contributed by atoms with van der Waals surface area (Å²) in [5.41, 5.74) is 0.758. The summed E-state index contributed by atoms with van der Waals surface area (Å²) in [6, 6.07) is 10.6. The predicted molar refractivity (Wildman–Crippen MR) is 73.5 cm³/mol. The van der Waals surface area contributed by atoms with E-state index < -0.39 is 12.0 Å². The minimum Gasteiger partial charge on any atom is -0.480 e. The highest BCUT2D eigenvalue weighted by Crippen LogP contribution is 2.22. The summed E-state index contributed by atoms with van der Waals surface area (Å²) in [6.07, 6.45) is 0.337. The van der Waals surface area contributed by atoms with Crippen LogP contribution in [0.15, 0.2) is 30.3 Å². The SMILES string of the molecule is CC(C)CN(CCC#N)C(C(=O)O)c1ccccc1. The van der Waals surface area contributed by atoms with Crippen LogP contribution in [0.5, 0.6) is 0 Å². The van der Waals surface area contributed by atoms with Gasteiger partial charge in [0.2, 0.25) is 0 Å². The first-order chi connectivity index (χ1) is 9.06. The van der Waals surface area contributed by atoms with Gasteiger partial charge in [-0.1, -0.05) is 44.2 Å². The second-order valence-electron chi connectivity index (χ2n) is 4.95. The molecule has 1 N–H and O–H groups in total. The Bertz CT molecular complexity index is 437. The van der Waals surface area contributed by atoms with Crippen molar-refractivity contribution >= 4 is 5.97 Å². The number of aliphatic carboxylic acids is 1. The van der Waals surface area contributed by atoms with E-state index >= 15 is 0 Å². The Morgan fingerprint density at radius 1 is 1.37 bits per heavy atom. The van der Waals surface area contributed by atoms with Crippen LogP contribution in [0.1, 0.15) is 31.9 Å². The third kappa shape index (κ3) is 4.72. The van der Waals surface area contributed by atoms with Gasteiger partial charge in [0.05, 0.1) is 6.07 Å². The molecule has 0 spiro atoms. The minimum absolute atomic E-state index is 0.337.